The Morgan fingerprint density at radius 2 is 2.19 bits per heavy atom. The number of rotatable bonds is 4. The van der Waals surface area contributed by atoms with Crippen molar-refractivity contribution in [1.82, 2.24) is 10.2 Å². The van der Waals surface area contributed by atoms with Crippen LogP contribution < -0.4 is 10.1 Å². The molecule has 1 aliphatic heterocycles. The lowest BCUT2D eigenvalue weighted by atomic mass is 10.0. The van der Waals surface area contributed by atoms with Crippen LogP contribution in [0.25, 0.3) is 0 Å². The van der Waals surface area contributed by atoms with E-state index in [-0.39, 0.29) is 0 Å². The minimum absolute atomic E-state index is 0.542. The maximum Gasteiger partial charge on any atom is 0.123 e. The van der Waals surface area contributed by atoms with Crippen molar-refractivity contribution in [2.45, 2.75) is 45.8 Å². The molecular formula is C17H27ClN2O. The SMILES string of the molecule is COc1ccc(Cl)cc1CN1CC(C(C)C)NCCC1C. The van der Waals surface area contributed by atoms with Gasteiger partial charge in [0.1, 0.15) is 5.75 Å². The van der Waals surface area contributed by atoms with E-state index >= 15 is 0 Å². The van der Waals surface area contributed by atoms with E-state index in [1.807, 2.05) is 18.2 Å². The highest BCUT2D eigenvalue weighted by atomic mass is 35.5. The smallest absolute Gasteiger partial charge is 0.123 e. The number of hydrogen-bond donors (Lipinski definition) is 1. The Hall–Kier alpha value is -0.770. The van der Waals surface area contributed by atoms with Gasteiger partial charge in [-0.15, -0.1) is 0 Å². The molecule has 1 aromatic rings. The molecule has 1 saturated heterocycles. The Morgan fingerprint density at radius 3 is 2.86 bits per heavy atom. The van der Waals surface area contributed by atoms with Crippen molar-refractivity contribution in [3.63, 3.8) is 0 Å². The number of nitrogens with zero attached hydrogens (tertiary/aromatic N) is 1. The Morgan fingerprint density at radius 1 is 1.43 bits per heavy atom. The Bertz CT molecular complexity index is 464. The highest BCUT2D eigenvalue weighted by Gasteiger charge is 2.25. The summed E-state index contributed by atoms with van der Waals surface area (Å²) in [5.74, 6) is 1.56. The van der Waals surface area contributed by atoms with Gasteiger partial charge in [0.05, 0.1) is 7.11 Å². The molecule has 0 spiro atoms. The summed E-state index contributed by atoms with van der Waals surface area (Å²) in [5.41, 5.74) is 1.17. The average Bonchev–Trinajstić information content (AvgIpc) is 2.62. The van der Waals surface area contributed by atoms with Crippen molar-refractivity contribution >= 4 is 11.6 Å². The summed E-state index contributed by atoms with van der Waals surface area (Å²) in [6.07, 6.45) is 1.17. The summed E-state index contributed by atoms with van der Waals surface area (Å²) in [5, 5.41) is 4.44. The first-order chi connectivity index (χ1) is 10.0. The normalized spacial score (nSPS) is 24.1. The van der Waals surface area contributed by atoms with Gasteiger partial charge in [-0.3, -0.25) is 4.90 Å². The standard InChI is InChI=1S/C17H27ClN2O/c1-12(2)16-11-20(13(3)7-8-19-16)10-14-9-15(18)5-6-17(14)21-4/h5-6,9,12-13,16,19H,7-8,10-11H2,1-4H3. The van der Waals surface area contributed by atoms with Gasteiger partial charge in [-0.25, -0.2) is 0 Å². The molecule has 2 unspecified atom stereocenters. The molecule has 0 saturated carbocycles. The van der Waals surface area contributed by atoms with Crippen LogP contribution in [-0.2, 0) is 6.54 Å². The molecule has 1 aromatic carbocycles. The molecule has 0 bridgehead atoms. The van der Waals surface area contributed by atoms with Crippen molar-refractivity contribution in [2.24, 2.45) is 5.92 Å². The fourth-order valence-electron chi connectivity index (χ4n) is 2.91. The molecule has 0 amide bonds. The molecule has 2 atom stereocenters. The first-order valence-electron chi connectivity index (χ1n) is 7.81. The third-order valence-corrected chi connectivity index (χ3v) is 4.68. The number of ether oxygens (including phenoxy) is 1. The van der Waals surface area contributed by atoms with E-state index in [9.17, 15) is 0 Å². The van der Waals surface area contributed by atoms with Crippen LogP contribution in [0.3, 0.4) is 0 Å². The number of hydrogen-bond acceptors (Lipinski definition) is 3. The minimum Gasteiger partial charge on any atom is -0.496 e. The lowest BCUT2D eigenvalue weighted by Crippen LogP contribution is -2.42. The summed E-state index contributed by atoms with van der Waals surface area (Å²) in [6.45, 7) is 9.91. The predicted octanol–water partition coefficient (Wildman–Crippen LogP) is 3.56. The van der Waals surface area contributed by atoms with E-state index in [0.717, 1.165) is 30.4 Å². The minimum atomic E-state index is 0.542. The number of methoxy groups -OCH3 is 1. The van der Waals surface area contributed by atoms with Crippen molar-refractivity contribution < 1.29 is 4.74 Å². The van der Waals surface area contributed by atoms with Crippen molar-refractivity contribution in [2.75, 3.05) is 20.2 Å². The van der Waals surface area contributed by atoms with E-state index in [0.29, 0.717) is 18.0 Å². The van der Waals surface area contributed by atoms with Crippen LogP contribution in [0.1, 0.15) is 32.8 Å². The zero-order valence-electron chi connectivity index (χ0n) is 13.5. The van der Waals surface area contributed by atoms with Gasteiger partial charge in [-0.05, 0) is 44.0 Å². The molecule has 3 nitrogen and oxygen atoms in total. The molecule has 4 heteroatoms. The summed E-state index contributed by atoms with van der Waals surface area (Å²) >= 11 is 6.15. The third kappa shape index (κ3) is 4.35. The van der Waals surface area contributed by atoms with Crippen molar-refractivity contribution in [3.05, 3.63) is 28.8 Å². The molecular weight excluding hydrogens is 284 g/mol. The van der Waals surface area contributed by atoms with Crippen LogP contribution in [-0.4, -0.2) is 37.2 Å². The van der Waals surface area contributed by atoms with E-state index in [1.165, 1.54) is 12.0 Å². The van der Waals surface area contributed by atoms with Gasteiger partial charge in [0.25, 0.3) is 0 Å². The second kappa shape index (κ2) is 7.48. The second-order valence-corrected chi connectivity index (χ2v) is 6.76. The van der Waals surface area contributed by atoms with Crippen LogP contribution >= 0.6 is 11.6 Å². The molecule has 0 aliphatic carbocycles. The summed E-state index contributed by atoms with van der Waals surface area (Å²) in [4.78, 5) is 2.54. The number of benzene rings is 1. The van der Waals surface area contributed by atoms with E-state index in [2.05, 4.69) is 31.0 Å². The molecule has 118 valence electrons. The highest BCUT2D eigenvalue weighted by Crippen LogP contribution is 2.26. The van der Waals surface area contributed by atoms with Crippen molar-refractivity contribution in [1.29, 1.82) is 0 Å². The summed E-state index contributed by atoms with van der Waals surface area (Å²) < 4.78 is 5.48. The second-order valence-electron chi connectivity index (χ2n) is 6.33. The van der Waals surface area contributed by atoms with Gasteiger partial charge >= 0.3 is 0 Å². The molecule has 21 heavy (non-hydrogen) atoms. The van der Waals surface area contributed by atoms with E-state index < -0.39 is 0 Å². The Kier molecular flexibility index (Phi) is 5.91. The molecule has 0 radical (unpaired) electrons. The summed E-state index contributed by atoms with van der Waals surface area (Å²) in [6, 6.07) is 6.97. The molecule has 1 fully saturated rings. The predicted molar refractivity (Wildman–Crippen MR) is 89.1 cm³/mol. The number of nitrogens with one attached hydrogen (secondary N) is 1. The quantitative estimate of drug-likeness (QED) is 0.920. The molecule has 1 N–H and O–H groups in total. The van der Waals surface area contributed by atoms with Crippen LogP contribution in [0.15, 0.2) is 18.2 Å². The first-order valence-corrected chi connectivity index (χ1v) is 8.19. The van der Waals surface area contributed by atoms with E-state index in [1.54, 1.807) is 7.11 Å². The van der Waals surface area contributed by atoms with Gasteiger partial charge in [0, 0.05) is 35.8 Å². The zero-order chi connectivity index (χ0) is 15.4. The first kappa shape index (κ1) is 16.6. The topological polar surface area (TPSA) is 24.5 Å². The fourth-order valence-corrected chi connectivity index (χ4v) is 3.11. The molecule has 0 aromatic heterocycles. The third-order valence-electron chi connectivity index (χ3n) is 4.44. The average molecular weight is 311 g/mol. The lowest BCUT2D eigenvalue weighted by Gasteiger charge is -2.31. The highest BCUT2D eigenvalue weighted by molar-refractivity contribution is 6.30. The zero-order valence-corrected chi connectivity index (χ0v) is 14.3. The molecule has 1 aliphatic rings. The van der Waals surface area contributed by atoms with Crippen LogP contribution in [0.5, 0.6) is 5.75 Å². The van der Waals surface area contributed by atoms with E-state index in [4.69, 9.17) is 16.3 Å². The van der Waals surface area contributed by atoms with Gasteiger partial charge in [0.15, 0.2) is 0 Å². The maximum absolute atomic E-state index is 6.15. The summed E-state index contributed by atoms with van der Waals surface area (Å²) in [7, 11) is 1.72. The van der Waals surface area contributed by atoms with Crippen LogP contribution in [0, 0.1) is 5.92 Å². The van der Waals surface area contributed by atoms with Gasteiger partial charge in [-0.2, -0.15) is 0 Å². The largest absolute Gasteiger partial charge is 0.496 e. The van der Waals surface area contributed by atoms with Crippen molar-refractivity contribution in [3.8, 4) is 5.75 Å². The van der Waals surface area contributed by atoms with Gasteiger partial charge < -0.3 is 10.1 Å². The molecule has 1 heterocycles. The number of halogens is 1. The fraction of sp³-hybridized carbons (Fsp3) is 0.647. The lowest BCUT2D eigenvalue weighted by molar-refractivity contribution is 0.182. The molecule has 2 rings (SSSR count). The van der Waals surface area contributed by atoms with Crippen LogP contribution in [0.2, 0.25) is 5.02 Å². The van der Waals surface area contributed by atoms with Gasteiger partial charge in [-0.1, -0.05) is 25.4 Å². The van der Waals surface area contributed by atoms with Crippen LogP contribution in [0.4, 0.5) is 0 Å². The van der Waals surface area contributed by atoms with Gasteiger partial charge in [0.2, 0.25) is 0 Å². The Balaban J connectivity index is 2.17. The monoisotopic (exact) mass is 310 g/mol. The Labute approximate surface area is 133 Å². The maximum atomic E-state index is 6.15.